The van der Waals surface area contributed by atoms with Gasteiger partial charge < -0.3 is 91.0 Å². The summed E-state index contributed by atoms with van der Waals surface area (Å²) < 4.78 is 5.35. The predicted octanol–water partition coefficient (Wildman–Crippen LogP) is 19.4. The minimum absolute atomic E-state index is 0.303. The number of carbonyl (C=O) groups is 1. The summed E-state index contributed by atoms with van der Waals surface area (Å²) in [5, 5.41) is 25.6. The fourth-order valence-corrected chi connectivity index (χ4v) is 16.6. The Balaban J connectivity index is 0.000000803. The predicted molar refractivity (Wildman–Crippen MR) is 586 cm³/mol. The summed E-state index contributed by atoms with van der Waals surface area (Å²) in [7, 11) is 41.0. The monoisotopic (exact) mass is 1880 g/mol. The zero-order chi connectivity index (χ0) is 101. The average molecular weight is 1880 g/mol. The van der Waals surface area contributed by atoms with Gasteiger partial charge in [-0.25, -0.2) is 34.7 Å². The molecule has 0 saturated heterocycles. The Kier molecular flexibility index (Phi) is 68.9. The highest BCUT2D eigenvalue weighted by Gasteiger charge is 2.42. The highest BCUT2D eigenvalue weighted by molar-refractivity contribution is 5.95. The van der Waals surface area contributed by atoms with E-state index in [1.165, 1.54) is 203 Å². The Morgan fingerprint density at radius 3 is 1.04 bits per heavy atom. The first kappa shape index (κ1) is 123. The molecule has 0 spiro atoms. The van der Waals surface area contributed by atoms with E-state index >= 15 is 0 Å². The van der Waals surface area contributed by atoms with Gasteiger partial charge in [0.15, 0.2) is 35.8 Å². The molecule has 29 nitrogen and oxygen atoms in total. The number of hydrogen-bond acceptors (Lipinski definition) is 11. The van der Waals surface area contributed by atoms with E-state index in [0.717, 1.165) is 98.5 Å². The van der Waals surface area contributed by atoms with Gasteiger partial charge in [-0.1, -0.05) is 181 Å². The van der Waals surface area contributed by atoms with Crippen molar-refractivity contribution in [3.63, 3.8) is 0 Å². The van der Waals surface area contributed by atoms with E-state index in [1.54, 1.807) is 18.3 Å². The van der Waals surface area contributed by atoms with Gasteiger partial charge in [-0.3, -0.25) is 20.3 Å². The minimum atomic E-state index is -0.482. The van der Waals surface area contributed by atoms with Crippen LogP contribution in [-0.2, 0) is 0 Å². The van der Waals surface area contributed by atoms with Crippen LogP contribution in [0, 0.1) is 11.8 Å². The van der Waals surface area contributed by atoms with Crippen molar-refractivity contribution in [1.29, 1.82) is 0 Å². The van der Waals surface area contributed by atoms with E-state index in [9.17, 15) is 4.79 Å². The molecule has 6 aliphatic carbocycles. The molecule has 29 heteroatoms. The van der Waals surface area contributed by atoms with Crippen LogP contribution in [0.5, 0.6) is 5.75 Å². The van der Waals surface area contributed by atoms with Gasteiger partial charge in [-0.15, -0.1) is 0 Å². The molecule has 2 unspecified atom stereocenters. The second-order valence-corrected chi connectivity index (χ2v) is 39.1. The summed E-state index contributed by atoms with van der Waals surface area (Å²) in [6.45, 7) is 26.9. The lowest BCUT2D eigenvalue weighted by Crippen LogP contribution is -2.48. The SMILES string of the molecule is C/C=C\N=C(N/C=C/C)N/C=C/C.CC(C)=CN=C(NC=C(C)C)NC=C(C)C.CC(C)=CNC(=NC1CCCCC1)NC1CCCCC1.CCN=C(N(C)C)N(C)C.CN(C)C(=NC1CCCC2CCCC(N=C(N(C)C)N(C)C)C21)N(C)C.CN(C)C(=NCCCCCCCCCN=C(N(C)C)N(C)C)N(C)C.O=C(NC(=NC1CCCCC1)NC1CCCCC1)Oc1ccccc1. The van der Waals surface area contributed by atoms with E-state index in [4.69, 9.17) is 24.7 Å². The number of nitrogens with zero attached hydrogens (tertiary/aromatic N) is 19. The van der Waals surface area contributed by atoms with E-state index in [1.807, 2.05) is 231 Å². The van der Waals surface area contributed by atoms with Gasteiger partial charge in [0.1, 0.15) is 5.75 Å². The molecule has 7 rings (SSSR count). The van der Waals surface area contributed by atoms with Crippen LogP contribution >= 0.6 is 0 Å². The molecule has 0 aromatic heterocycles. The number of aliphatic imine (C=N–C) groups is 9. The molecule has 2 atom stereocenters. The third-order valence-electron chi connectivity index (χ3n) is 22.7. The zero-order valence-electron chi connectivity index (χ0n) is 91.5. The number of nitrogens with one attached hydrogen (secondary N) is 8. The van der Waals surface area contributed by atoms with Crippen molar-refractivity contribution in [2.45, 2.75) is 331 Å². The van der Waals surface area contributed by atoms with Crippen LogP contribution in [0.3, 0.4) is 0 Å². The number of amides is 1. The molecule has 1 aromatic rings. The number of ether oxygens (including phenoxy) is 1. The quantitative estimate of drug-likeness (QED) is 0.0257. The first-order valence-electron chi connectivity index (χ1n) is 51.0. The van der Waals surface area contributed by atoms with Crippen LogP contribution in [0.25, 0.3) is 0 Å². The molecule has 0 radical (unpaired) electrons. The molecule has 1 aromatic carbocycles. The number of guanidine groups is 9. The number of rotatable bonds is 25. The summed E-state index contributed by atoms with van der Waals surface area (Å²) in [5.74, 6) is 10.2. The molecule has 6 aliphatic rings. The fraction of sp³-hybridized carbons (Fsp3) is 0.717. The zero-order valence-corrected chi connectivity index (χ0v) is 91.5. The first-order chi connectivity index (χ1) is 64.4. The number of hydrogen-bond donors (Lipinski definition) is 8. The highest BCUT2D eigenvalue weighted by Crippen LogP contribution is 2.44. The molecule has 8 N–H and O–H groups in total. The third kappa shape index (κ3) is 60.5. The van der Waals surface area contributed by atoms with Crippen LogP contribution in [0.1, 0.15) is 295 Å². The Bertz CT molecular complexity index is 3610. The normalized spacial score (nSPS) is 17.1. The summed E-state index contributed by atoms with van der Waals surface area (Å²) in [6, 6.07) is 11.7. The lowest BCUT2D eigenvalue weighted by atomic mass is 9.66. The van der Waals surface area contributed by atoms with Crippen molar-refractivity contribution in [1.82, 2.24) is 91.5 Å². The average Bonchev–Trinajstić information content (AvgIpc) is 0.789. The van der Waals surface area contributed by atoms with Gasteiger partial charge in [0.25, 0.3) is 0 Å². The standard InChI is InChI=1S/C20H40N6.C20H29N3O2.C19H42N6.C17H31N3.C13H23N3.C10H17N3.C7H17N3/c1-23(2)19(24(3)4)21-16-13-9-11-15-12-10-14-17(18(15)16)22-20(25(5)6)26(7)8;24-20(25-18-14-8-3-9-15-18)23-19(21-16-10-4-1-5-11-16)22-17-12-6-2-7-13-17;1-22(2)18(23(3)4)20-16-14-12-10-9-11-13-15-17-21-19(24(5)6)25(7)8;1-14(2)13-18-17(19-15-9-5-3-6-10-15)20-16-11-7-4-8-12-16;1-10(2)7-14-13(15-8-11(3)4)16-9-12(5)6;1-4-7-11-10(12-8-5-2)13-9-6-3;1-6-8-7(9(2)3)10(4)5/h15-18H,9-14H2,1-8H3;3,8-9,14-17H,1-2,4-7,10-13H2,(H2,21,22,23,24);9-17H2,1-8H3;13,15-16H,3-12H2,1-2H3,(H2,18,19,20);7-9H,1-6H3,(H2,14,15,16);4-9H,1-3H3,(H2,11,12,13);6H2,1-5H3/b;;;;;7-4-,8-5+,9-6+;. The van der Waals surface area contributed by atoms with Crippen LogP contribution in [0.2, 0.25) is 0 Å². The van der Waals surface area contributed by atoms with Gasteiger partial charge in [-0.05, 0) is 203 Å². The smallest absolute Gasteiger partial charge is 0.410 e. The van der Waals surface area contributed by atoms with Crippen molar-refractivity contribution >= 4 is 59.7 Å². The molecule has 0 aliphatic heterocycles. The summed E-state index contributed by atoms with van der Waals surface area (Å²) >= 11 is 0. The number of fused-ring (bicyclic) bond motifs is 1. The maximum absolute atomic E-state index is 12.3. The molecule has 0 bridgehead atoms. The van der Waals surface area contributed by atoms with Crippen molar-refractivity contribution < 1.29 is 9.53 Å². The van der Waals surface area contributed by atoms with Crippen molar-refractivity contribution in [3.05, 3.63) is 114 Å². The molecule has 135 heavy (non-hydrogen) atoms. The number of carbonyl (C=O) groups excluding carboxylic acids is 1. The molecular formula is C106H199N27O2. The minimum Gasteiger partial charge on any atom is -0.410 e. The van der Waals surface area contributed by atoms with E-state index < -0.39 is 6.09 Å². The molecule has 770 valence electrons. The van der Waals surface area contributed by atoms with E-state index in [0.29, 0.717) is 59.8 Å². The van der Waals surface area contributed by atoms with Gasteiger partial charge in [0, 0.05) is 210 Å². The van der Waals surface area contributed by atoms with E-state index in [2.05, 4.69) is 183 Å². The number of allylic oxidation sites excluding steroid dienone is 7. The first-order valence-corrected chi connectivity index (χ1v) is 51.0. The van der Waals surface area contributed by atoms with Crippen molar-refractivity contribution in [2.75, 3.05) is 161 Å². The van der Waals surface area contributed by atoms with Crippen LogP contribution < -0.4 is 47.3 Å². The highest BCUT2D eigenvalue weighted by atomic mass is 16.6. The second-order valence-electron chi connectivity index (χ2n) is 39.1. The van der Waals surface area contributed by atoms with Crippen LogP contribution in [0.4, 0.5) is 4.79 Å². The summed E-state index contributed by atoms with van der Waals surface area (Å²) in [5.41, 5.74) is 4.84. The molecule has 6 fully saturated rings. The Labute approximate surface area is 824 Å². The fourth-order valence-electron chi connectivity index (χ4n) is 16.6. The summed E-state index contributed by atoms with van der Waals surface area (Å²) in [6.07, 6.45) is 60.1. The maximum atomic E-state index is 12.3. The molecule has 1 amide bonds. The van der Waals surface area contributed by atoms with Gasteiger partial charge in [-0.2, -0.15) is 0 Å². The molecule has 6 saturated carbocycles. The lowest BCUT2D eigenvalue weighted by molar-refractivity contribution is 0.123. The Morgan fingerprint density at radius 2 is 0.696 bits per heavy atom. The molecule has 0 heterocycles. The third-order valence-corrected chi connectivity index (χ3v) is 22.7. The largest absolute Gasteiger partial charge is 0.419 e. The number of benzene rings is 1. The molecular weight excluding hydrogens is 1680 g/mol. The Morgan fingerprint density at radius 1 is 0.356 bits per heavy atom. The number of para-hydroxylation sites is 1. The van der Waals surface area contributed by atoms with Crippen molar-refractivity contribution in [2.24, 2.45) is 56.8 Å². The van der Waals surface area contributed by atoms with Crippen molar-refractivity contribution in [3.8, 4) is 5.75 Å². The van der Waals surface area contributed by atoms with Gasteiger partial charge in [0.05, 0.1) is 24.2 Å². The topological polar surface area (TPSA) is 266 Å². The number of unbranched alkanes of at least 4 members (excludes halogenated alkanes) is 6. The lowest BCUT2D eigenvalue weighted by Gasteiger charge is -2.44. The maximum Gasteiger partial charge on any atom is 0.419 e. The van der Waals surface area contributed by atoms with Gasteiger partial charge >= 0.3 is 6.09 Å². The van der Waals surface area contributed by atoms with Crippen LogP contribution in [0.15, 0.2) is 159 Å². The van der Waals surface area contributed by atoms with Crippen LogP contribution in [-0.4, -0.2) is 306 Å². The van der Waals surface area contributed by atoms with E-state index in [-0.39, 0.29) is 0 Å². The second kappa shape index (κ2) is 75.4. The Hall–Kier alpha value is -9.70. The van der Waals surface area contributed by atoms with Gasteiger partial charge in [0.2, 0.25) is 17.9 Å². The summed E-state index contributed by atoms with van der Waals surface area (Å²) in [4.78, 5) is 75.4.